The molecule has 0 bridgehead atoms. The van der Waals surface area contributed by atoms with Crippen LogP contribution in [0.15, 0.2) is 39.7 Å². The summed E-state index contributed by atoms with van der Waals surface area (Å²) < 4.78 is 10.0. The summed E-state index contributed by atoms with van der Waals surface area (Å²) in [5, 5.41) is 0.493. The molecule has 4 heteroatoms. The minimum Gasteiger partial charge on any atom is -0.464 e. The van der Waals surface area contributed by atoms with Gasteiger partial charge < -0.3 is 9.15 Å². The van der Waals surface area contributed by atoms with Gasteiger partial charge in [-0.25, -0.2) is 0 Å². The summed E-state index contributed by atoms with van der Waals surface area (Å²) in [5.41, 5.74) is 0.705. The van der Waals surface area contributed by atoms with Crippen LogP contribution >= 0.6 is 0 Å². The summed E-state index contributed by atoms with van der Waals surface area (Å²) in [6.07, 6.45) is 1.33. The molecule has 0 saturated heterocycles. The Bertz CT molecular complexity index is 583. The molecule has 0 saturated carbocycles. The van der Waals surface area contributed by atoms with E-state index in [1.54, 1.807) is 24.3 Å². The Hall–Kier alpha value is -2.10. The third-order valence-corrected chi connectivity index (χ3v) is 2.18. The SMILES string of the molecule is CC(=O)OCc1coc2ccccc2c1=O. The quantitative estimate of drug-likeness (QED) is 0.722. The normalized spacial score (nSPS) is 10.3. The van der Waals surface area contributed by atoms with Crippen molar-refractivity contribution in [1.82, 2.24) is 0 Å². The zero-order chi connectivity index (χ0) is 11.5. The van der Waals surface area contributed by atoms with Gasteiger partial charge in [0.15, 0.2) is 5.43 Å². The van der Waals surface area contributed by atoms with E-state index in [9.17, 15) is 9.59 Å². The first-order chi connectivity index (χ1) is 7.68. The number of carbonyl (C=O) groups is 1. The first-order valence-electron chi connectivity index (χ1n) is 4.81. The van der Waals surface area contributed by atoms with Gasteiger partial charge in [-0.1, -0.05) is 12.1 Å². The lowest BCUT2D eigenvalue weighted by molar-refractivity contribution is -0.142. The monoisotopic (exact) mass is 218 g/mol. The van der Waals surface area contributed by atoms with Gasteiger partial charge in [0.25, 0.3) is 0 Å². The highest BCUT2D eigenvalue weighted by atomic mass is 16.5. The maximum absolute atomic E-state index is 11.9. The third kappa shape index (κ3) is 1.95. The average molecular weight is 218 g/mol. The Morgan fingerprint density at radius 2 is 2.12 bits per heavy atom. The van der Waals surface area contributed by atoms with Gasteiger partial charge in [0.2, 0.25) is 0 Å². The van der Waals surface area contributed by atoms with Gasteiger partial charge in [0, 0.05) is 6.92 Å². The molecule has 0 aliphatic heterocycles. The summed E-state index contributed by atoms with van der Waals surface area (Å²) in [4.78, 5) is 22.5. The van der Waals surface area contributed by atoms with Crippen molar-refractivity contribution in [2.75, 3.05) is 0 Å². The molecule has 0 atom stereocenters. The maximum Gasteiger partial charge on any atom is 0.302 e. The Balaban J connectivity index is 2.45. The summed E-state index contributed by atoms with van der Waals surface area (Å²) in [6.45, 7) is 1.24. The largest absolute Gasteiger partial charge is 0.464 e. The van der Waals surface area contributed by atoms with E-state index in [0.29, 0.717) is 16.5 Å². The molecule has 82 valence electrons. The standard InChI is InChI=1S/C12H10O4/c1-8(13)15-6-9-7-16-11-5-3-2-4-10(11)12(9)14/h2-5,7H,6H2,1H3. The number of hydrogen-bond donors (Lipinski definition) is 0. The molecule has 1 aromatic carbocycles. The van der Waals surface area contributed by atoms with Gasteiger partial charge >= 0.3 is 5.97 Å². The maximum atomic E-state index is 11.9. The minimum absolute atomic E-state index is 0.0531. The second-order valence-electron chi connectivity index (χ2n) is 3.37. The Morgan fingerprint density at radius 3 is 2.88 bits per heavy atom. The summed E-state index contributed by atoms with van der Waals surface area (Å²) in [5.74, 6) is -0.424. The summed E-state index contributed by atoms with van der Waals surface area (Å²) >= 11 is 0. The van der Waals surface area contributed by atoms with Crippen LogP contribution in [0, 0.1) is 0 Å². The number of rotatable bonds is 2. The van der Waals surface area contributed by atoms with Crippen molar-refractivity contribution in [2.45, 2.75) is 13.5 Å². The average Bonchev–Trinajstić information content (AvgIpc) is 2.28. The summed E-state index contributed by atoms with van der Waals surface area (Å²) in [6, 6.07) is 6.94. The van der Waals surface area contributed by atoms with Gasteiger partial charge in [-0.2, -0.15) is 0 Å². The van der Waals surface area contributed by atoms with E-state index in [0.717, 1.165) is 0 Å². The predicted molar refractivity (Wildman–Crippen MR) is 58.0 cm³/mol. The van der Waals surface area contributed by atoms with Gasteiger partial charge in [-0.15, -0.1) is 0 Å². The molecular formula is C12H10O4. The van der Waals surface area contributed by atoms with E-state index in [1.807, 2.05) is 0 Å². The van der Waals surface area contributed by atoms with Crippen LogP contribution in [0.3, 0.4) is 0 Å². The van der Waals surface area contributed by atoms with Crippen LogP contribution in [0.5, 0.6) is 0 Å². The van der Waals surface area contributed by atoms with Crippen molar-refractivity contribution >= 4 is 16.9 Å². The fourth-order valence-electron chi connectivity index (χ4n) is 1.40. The molecular weight excluding hydrogens is 208 g/mol. The second-order valence-corrected chi connectivity index (χ2v) is 3.37. The van der Waals surface area contributed by atoms with Crippen molar-refractivity contribution in [1.29, 1.82) is 0 Å². The molecule has 0 amide bonds. The molecule has 0 fully saturated rings. The number of esters is 1. The smallest absolute Gasteiger partial charge is 0.302 e. The van der Waals surface area contributed by atoms with Crippen molar-refractivity contribution < 1.29 is 13.9 Å². The number of ether oxygens (including phenoxy) is 1. The fraction of sp³-hybridized carbons (Fsp3) is 0.167. The molecule has 0 aliphatic rings. The molecule has 1 aromatic heterocycles. The van der Waals surface area contributed by atoms with E-state index >= 15 is 0 Å². The lowest BCUT2D eigenvalue weighted by Gasteiger charge is -2.02. The van der Waals surface area contributed by atoms with Crippen LogP contribution in [0.4, 0.5) is 0 Å². The Labute approximate surface area is 91.4 Å². The highest BCUT2D eigenvalue weighted by Gasteiger charge is 2.07. The van der Waals surface area contributed by atoms with Crippen LogP contribution in [-0.4, -0.2) is 5.97 Å². The van der Waals surface area contributed by atoms with Gasteiger partial charge in [-0.3, -0.25) is 9.59 Å². The molecule has 1 heterocycles. The topological polar surface area (TPSA) is 56.5 Å². The molecule has 2 rings (SSSR count). The molecule has 2 aromatic rings. The highest BCUT2D eigenvalue weighted by molar-refractivity contribution is 5.76. The Morgan fingerprint density at radius 1 is 1.38 bits per heavy atom. The first-order valence-corrected chi connectivity index (χ1v) is 4.81. The number of fused-ring (bicyclic) bond motifs is 1. The molecule has 0 spiro atoms. The first kappa shape index (κ1) is 10.4. The lowest BCUT2D eigenvalue weighted by Crippen LogP contribution is -2.11. The summed E-state index contributed by atoms with van der Waals surface area (Å²) in [7, 11) is 0. The fourth-order valence-corrected chi connectivity index (χ4v) is 1.40. The predicted octanol–water partition coefficient (Wildman–Crippen LogP) is 1.86. The minimum atomic E-state index is -0.424. The van der Waals surface area contributed by atoms with Crippen LogP contribution in [0.1, 0.15) is 12.5 Å². The van der Waals surface area contributed by atoms with Crippen molar-refractivity contribution in [3.63, 3.8) is 0 Å². The van der Waals surface area contributed by atoms with Crippen molar-refractivity contribution in [3.05, 3.63) is 46.3 Å². The second kappa shape index (κ2) is 4.18. The van der Waals surface area contributed by atoms with Gasteiger partial charge in [0.1, 0.15) is 18.5 Å². The van der Waals surface area contributed by atoms with Crippen LogP contribution < -0.4 is 5.43 Å². The van der Waals surface area contributed by atoms with E-state index in [4.69, 9.17) is 9.15 Å². The van der Waals surface area contributed by atoms with Crippen LogP contribution in [0.2, 0.25) is 0 Å². The van der Waals surface area contributed by atoms with Gasteiger partial charge in [0.05, 0.1) is 10.9 Å². The van der Waals surface area contributed by atoms with Crippen molar-refractivity contribution in [2.24, 2.45) is 0 Å². The molecule has 0 unspecified atom stereocenters. The number of benzene rings is 1. The van der Waals surface area contributed by atoms with E-state index in [2.05, 4.69) is 0 Å². The number of para-hydroxylation sites is 1. The van der Waals surface area contributed by atoms with E-state index < -0.39 is 5.97 Å². The lowest BCUT2D eigenvalue weighted by atomic mass is 10.2. The van der Waals surface area contributed by atoms with Gasteiger partial charge in [-0.05, 0) is 12.1 Å². The molecule has 0 N–H and O–H groups in total. The molecule has 0 radical (unpaired) electrons. The zero-order valence-electron chi connectivity index (χ0n) is 8.73. The van der Waals surface area contributed by atoms with E-state index in [-0.39, 0.29) is 12.0 Å². The number of hydrogen-bond acceptors (Lipinski definition) is 4. The third-order valence-electron chi connectivity index (χ3n) is 2.18. The zero-order valence-corrected chi connectivity index (χ0v) is 8.73. The van der Waals surface area contributed by atoms with Crippen LogP contribution in [0.25, 0.3) is 11.0 Å². The van der Waals surface area contributed by atoms with Crippen molar-refractivity contribution in [3.8, 4) is 0 Å². The molecule has 4 nitrogen and oxygen atoms in total. The Kier molecular flexibility index (Phi) is 2.72. The molecule has 16 heavy (non-hydrogen) atoms. The molecule has 0 aliphatic carbocycles. The van der Waals surface area contributed by atoms with E-state index in [1.165, 1.54) is 13.2 Å². The highest BCUT2D eigenvalue weighted by Crippen LogP contribution is 2.10. The number of carbonyl (C=O) groups excluding carboxylic acids is 1. The van der Waals surface area contributed by atoms with Crippen LogP contribution in [-0.2, 0) is 16.1 Å².